The number of carbonyl (C=O) groups excluding carboxylic acids is 1. The minimum atomic E-state index is 0.0251. The molecule has 1 aromatic carbocycles. The molecule has 1 N–H and O–H groups in total. The molecule has 1 aromatic rings. The second-order valence-electron chi connectivity index (χ2n) is 5.62. The fourth-order valence-corrected chi connectivity index (χ4v) is 2.72. The average molecular weight is 296 g/mol. The lowest BCUT2D eigenvalue weighted by Crippen LogP contribution is -2.26. The normalized spacial score (nSPS) is 21.1. The molecule has 17 heavy (non-hydrogen) atoms. The predicted octanol–water partition coefficient (Wildman–Crippen LogP) is 3.53. The van der Waals surface area contributed by atoms with Gasteiger partial charge in [-0.3, -0.25) is 4.79 Å². The number of hydrogen-bond donors (Lipinski definition) is 1. The zero-order chi connectivity index (χ0) is 12.6. The van der Waals surface area contributed by atoms with Crippen molar-refractivity contribution in [2.75, 3.05) is 6.54 Å². The molecular weight excluding hydrogens is 278 g/mol. The molecule has 1 fully saturated rings. The number of rotatable bonds is 3. The number of nitrogens with one attached hydrogen (secondary N) is 1. The van der Waals surface area contributed by atoms with Crippen molar-refractivity contribution in [2.45, 2.75) is 27.2 Å². The smallest absolute Gasteiger partial charge is 0.251 e. The van der Waals surface area contributed by atoms with Crippen LogP contribution in [0, 0.1) is 18.3 Å². The molecule has 2 nitrogen and oxygen atoms in total. The van der Waals surface area contributed by atoms with Crippen LogP contribution < -0.4 is 5.32 Å². The Hall–Kier alpha value is -0.830. The molecular formula is C14H18BrNO. The molecule has 3 heteroatoms. The van der Waals surface area contributed by atoms with Gasteiger partial charge in [-0.15, -0.1) is 0 Å². The van der Waals surface area contributed by atoms with Crippen LogP contribution in [0.25, 0.3) is 0 Å². The number of benzene rings is 1. The van der Waals surface area contributed by atoms with E-state index in [9.17, 15) is 4.79 Å². The summed E-state index contributed by atoms with van der Waals surface area (Å²) in [6.07, 6.45) is 1.21. The summed E-state index contributed by atoms with van der Waals surface area (Å²) in [6, 6.07) is 5.78. The largest absolute Gasteiger partial charge is 0.352 e. The van der Waals surface area contributed by atoms with Crippen molar-refractivity contribution < 1.29 is 4.79 Å². The van der Waals surface area contributed by atoms with Gasteiger partial charge in [-0.05, 0) is 48.4 Å². The molecule has 0 bridgehead atoms. The summed E-state index contributed by atoms with van der Waals surface area (Å²) in [5, 5.41) is 3.01. The molecule has 0 saturated heterocycles. The van der Waals surface area contributed by atoms with Crippen LogP contribution in [0.4, 0.5) is 0 Å². The average Bonchev–Trinajstić information content (AvgIpc) is 2.81. The van der Waals surface area contributed by atoms with Gasteiger partial charge in [0.25, 0.3) is 5.91 Å². The minimum Gasteiger partial charge on any atom is -0.352 e. The van der Waals surface area contributed by atoms with Crippen LogP contribution in [0.2, 0.25) is 0 Å². The Balaban J connectivity index is 1.95. The van der Waals surface area contributed by atoms with Crippen molar-refractivity contribution in [3.8, 4) is 0 Å². The van der Waals surface area contributed by atoms with Crippen LogP contribution in [0.1, 0.15) is 36.2 Å². The first kappa shape index (κ1) is 12.6. The number of hydrogen-bond acceptors (Lipinski definition) is 1. The van der Waals surface area contributed by atoms with E-state index in [4.69, 9.17) is 0 Å². The first-order valence-electron chi connectivity index (χ1n) is 5.94. The summed E-state index contributed by atoms with van der Waals surface area (Å²) in [5.74, 6) is 0.664. The van der Waals surface area contributed by atoms with Crippen LogP contribution in [0.15, 0.2) is 22.7 Å². The Morgan fingerprint density at radius 2 is 2.12 bits per heavy atom. The Morgan fingerprint density at radius 3 is 2.65 bits per heavy atom. The molecule has 0 radical (unpaired) electrons. The zero-order valence-corrected chi connectivity index (χ0v) is 12.1. The van der Waals surface area contributed by atoms with E-state index in [2.05, 4.69) is 35.1 Å². The van der Waals surface area contributed by atoms with Crippen molar-refractivity contribution in [3.63, 3.8) is 0 Å². The monoisotopic (exact) mass is 295 g/mol. The maximum Gasteiger partial charge on any atom is 0.251 e. The first-order chi connectivity index (χ1) is 7.88. The maximum absolute atomic E-state index is 12.0. The number of halogens is 1. The maximum atomic E-state index is 12.0. The van der Waals surface area contributed by atoms with Gasteiger partial charge in [0.05, 0.1) is 0 Å². The van der Waals surface area contributed by atoms with Gasteiger partial charge in [0.15, 0.2) is 0 Å². The third-order valence-corrected chi connectivity index (χ3v) is 3.99. The van der Waals surface area contributed by atoms with Gasteiger partial charge < -0.3 is 5.32 Å². The van der Waals surface area contributed by atoms with E-state index in [1.165, 1.54) is 6.42 Å². The SMILES string of the molecule is Cc1cc(Br)cc(C(=O)NCC2CC2(C)C)c1. The summed E-state index contributed by atoms with van der Waals surface area (Å²) in [4.78, 5) is 12.0. The highest BCUT2D eigenvalue weighted by atomic mass is 79.9. The highest BCUT2D eigenvalue weighted by molar-refractivity contribution is 9.10. The fourth-order valence-electron chi connectivity index (χ4n) is 2.11. The molecule has 0 spiro atoms. The number of amides is 1. The van der Waals surface area contributed by atoms with E-state index in [1.807, 2.05) is 25.1 Å². The lowest BCUT2D eigenvalue weighted by molar-refractivity contribution is 0.0950. The topological polar surface area (TPSA) is 29.1 Å². The Labute approximate surface area is 111 Å². The predicted molar refractivity (Wildman–Crippen MR) is 73.1 cm³/mol. The molecule has 1 aliphatic rings. The number of carbonyl (C=O) groups is 1. The summed E-state index contributed by atoms with van der Waals surface area (Å²) in [5.41, 5.74) is 2.24. The number of aryl methyl sites for hydroxylation is 1. The summed E-state index contributed by atoms with van der Waals surface area (Å²) in [6.45, 7) is 7.27. The van der Waals surface area contributed by atoms with E-state index in [0.29, 0.717) is 11.3 Å². The molecule has 0 aliphatic heterocycles. The molecule has 1 aliphatic carbocycles. The standard InChI is InChI=1S/C14H18BrNO/c1-9-4-10(6-12(15)5-9)13(17)16-8-11-7-14(11,2)3/h4-6,11H,7-8H2,1-3H3,(H,16,17). The molecule has 1 unspecified atom stereocenters. The Kier molecular flexibility index (Phi) is 3.30. The van der Waals surface area contributed by atoms with Gasteiger partial charge in [-0.2, -0.15) is 0 Å². The summed E-state index contributed by atoms with van der Waals surface area (Å²) < 4.78 is 0.953. The Bertz CT molecular complexity index is 433. The van der Waals surface area contributed by atoms with Crippen molar-refractivity contribution in [1.82, 2.24) is 5.32 Å². The molecule has 92 valence electrons. The highest BCUT2D eigenvalue weighted by Gasteiger charge is 2.45. The van der Waals surface area contributed by atoms with E-state index >= 15 is 0 Å². The first-order valence-corrected chi connectivity index (χ1v) is 6.73. The van der Waals surface area contributed by atoms with Crippen LogP contribution in [0.3, 0.4) is 0 Å². The second-order valence-corrected chi connectivity index (χ2v) is 6.53. The van der Waals surface area contributed by atoms with Crippen molar-refractivity contribution in [2.24, 2.45) is 11.3 Å². The van der Waals surface area contributed by atoms with Crippen LogP contribution in [-0.2, 0) is 0 Å². The van der Waals surface area contributed by atoms with Gasteiger partial charge >= 0.3 is 0 Å². The fraction of sp³-hybridized carbons (Fsp3) is 0.500. The lowest BCUT2D eigenvalue weighted by atomic mass is 10.1. The van der Waals surface area contributed by atoms with Gasteiger partial charge in [0, 0.05) is 16.6 Å². The van der Waals surface area contributed by atoms with Crippen molar-refractivity contribution in [3.05, 3.63) is 33.8 Å². The third-order valence-electron chi connectivity index (χ3n) is 3.53. The van der Waals surface area contributed by atoms with Gasteiger partial charge in [0.2, 0.25) is 0 Å². The molecule has 1 saturated carbocycles. The van der Waals surface area contributed by atoms with E-state index in [0.717, 1.165) is 22.1 Å². The van der Waals surface area contributed by atoms with E-state index in [1.54, 1.807) is 0 Å². The highest BCUT2D eigenvalue weighted by Crippen LogP contribution is 2.50. The molecule has 2 rings (SSSR count). The third kappa shape index (κ3) is 3.09. The van der Waals surface area contributed by atoms with Gasteiger partial charge in [-0.1, -0.05) is 29.8 Å². The summed E-state index contributed by atoms with van der Waals surface area (Å²) in [7, 11) is 0. The van der Waals surface area contributed by atoms with E-state index < -0.39 is 0 Å². The van der Waals surface area contributed by atoms with E-state index in [-0.39, 0.29) is 5.91 Å². The van der Waals surface area contributed by atoms with Gasteiger partial charge in [0.1, 0.15) is 0 Å². The molecule has 0 heterocycles. The lowest BCUT2D eigenvalue weighted by Gasteiger charge is -2.07. The summed E-state index contributed by atoms with van der Waals surface area (Å²) >= 11 is 3.41. The van der Waals surface area contributed by atoms with Crippen LogP contribution in [0.5, 0.6) is 0 Å². The zero-order valence-electron chi connectivity index (χ0n) is 10.5. The Morgan fingerprint density at radius 1 is 1.47 bits per heavy atom. The molecule has 1 amide bonds. The molecule has 1 atom stereocenters. The van der Waals surface area contributed by atoms with Crippen LogP contribution >= 0.6 is 15.9 Å². The second kappa shape index (κ2) is 4.45. The van der Waals surface area contributed by atoms with Crippen LogP contribution in [-0.4, -0.2) is 12.5 Å². The van der Waals surface area contributed by atoms with Crippen molar-refractivity contribution >= 4 is 21.8 Å². The van der Waals surface area contributed by atoms with Crippen molar-refractivity contribution in [1.29, 1.82) is 0 Å². The molecule has 0 aromatic heterocycles. The quantitative estimate of drug-likeness (QED) is 0.908. The van der Waals surface area contributed by atoms with Gasteiger partial charge in [-0.25, -0.2) is 0 Å². The minimum absolute atomic E-state index is 0.0251.